The molecule has 1 spiro atoms. The van der Waals surface area contributed by atoms with Gasteiger partial charge in [-0.15, -0.1) is 11.3 Å². The number of morpholine rings is 1. The van der Waals surface area contributed by atoms with Crippen molar-refractivity contribution >= 4 is 38.8 Å². The lowest BCUT2D eigenvalue weighted by Gasteiger charge is -2.47. The molecule has 43 heavy (non-hydrogen) atoms. The average molecular weight is 631 g/mol. The third kappa shape index (κ3) is 8.46. The molecular weight excluding hydrogens is 585 g/mol. The maximum atomic E-state index is 13.0. The van der Waals surface area contributed by atoms with Crippen LogP contribution in [0.15, 0.2) is 29.1 Å². The molecule has 9 nitrogen and oxygen atoms in total. The van der Waals surface area contributed by atoms with Gasteiger partial charge in [-0.2, -0.15) is 0 Å². The van der Waals surface area contributed by atoms with Crippen LogP contribution < -0.4 is 10.2 Å². The first-order valence-electron chi connectivity index (χ1n) is 15.8. The molecule has 3 aromatic rings. The molecule has 0 aliphatic carbocycles. The van der Waals surface area contributed by atoms with Crippen molar-refractivity contribution in [3.63, 3.8) is 0 Å². The van der Waals surface area contributed by atoms with Crippen molar-refractivity contribution in [3.8, 4) is 5.75 Å². The van der Waals surface area contributed by atoms with E-state index in [1.807, 2.05) is 24.0 Å². The predicted molar refractivity (Wildman–Crippen MR) is 174 cm³/mol. The van der Waals surface area contributed by atoms with Gasteiger partial charge in [-0.1, -0.05) is 49.5 Å². The van der Waals surface area contributed by atoms with E-state index in [-0.39, 0.29) is 22.1 Å². The lowest BCUT2D eigenvalue weighted by Crippen LogP contribution is -2.58. The number of aromatic hydroxyl groups is 1. The summed E-state index contributed by atoms with van der Waals surface area (Å²) in [4.78, 5) is 33.7. The lowest BCUT2D eigenvalue weighted by atomic mass is 9.89. The number of ether oxygens (including phenoxy) is 1. The number of nitrogens with zero attached hydrogens (tertiary/aromatic N) is 2. The molecule has 4 N–H and O–H groups in total. The van der Waals surface area contributed by atoms with E-state index in [1.165, 1.54) is 49.5 Å². The molecule has 0 unspecified atom stereocenters. The Morgan fingerprint density at radius 2 is 1.79 bits per heavy atom. The van der Waals surface area contributed by atoms with Crippen LogP contribution in [-0.4, -0.2) is 88.9 Å². The first kappa shape index (κ1) is 32.1. The number of aryl methyl sites for hydroxylation is 1. The molecule has 236 valence electrons. The number of phenols is 1. The van der Waals surface area contributed by atoms with Gasteiger partial charge in [0.25, 0.3) is 5.91 Å². The number of hydrogen-bond donors (Lipinski definition) is 4. The minimum Gasteiger partial charge on any atom is -0.506 e. The minimum atomic E-state index is -0.727. The van der Waals surface area contributed by atoms with Crippen molar-refractivity contribution in [2.24, 2.45) is 0 Å². The van der Waals surface area contributed by atoms with Gasteiger partial charge in [0, 0.05) is 36.6 Å². The molecule has 11 heteroatoms. The Morgan fingerprint density at radius 1 is 1.05 bits per heavy atom. The molecule has 2 aromatic heterocycles. The number of likely N-dealkylation sites (tertiary alicyclic amines) is 1. The topological polar surface area (TPSA) is 118 Å². The third-order valence-corrected chi connectivity index (χ3v) is 10.8. The number of aromatic amines is 1. The summed E-state index contributed by atoms with van der Waals surface area (Å²) in [6.07, 6.45) is 9.76. The number of phenolic OH excluding ortho intramolecular Hbond substituents is 1. The minimum absolute atomic E-state index is 0.0263. The first-order chi connectivity index (χ1) is 20.8. The molecule has 0 bridgehead atoms. The molecule has 1 amide bonds. The highest BCUT2D eigenvalue weighted by atomic mass is 32.1. The van der Waals surface area contributed by atoms with Crippen LogP contribution >= 0.6 is 22.7 Å². The number of aromatic nitrogens is 1. The number of aliphatic hydroxyl groups excluding tert-OH is 1. The Labute approximate surface area is 261 Å². The monoisotopic (exact) mass is 630 g/mol. The molecule has 1 aromatic carbocycles. The molecule has 4 heterocycles. The number of thiazole rings is 1. The number of carbonyl (C=O) groups is 1. The van der Waals surface area contributed by atoms with Crippen LogP contribution in [0.25, 0.3) is 10.2 Å². The molecule has 5 rings (SSSR count). The van der Waals surface area contributed by atoms with Gasteiger partial charge >= 0.3 is 4.87 Å². The zero-order chi connectivity index (χ0) is 30.2. The number of thiophene rings is 1. The number of benzene rings is 1. The summed E-state index contributed by atoms with van der Waals surface area (Å²) in [6.45, 7) is 8.58. The highest BCUT2D eigenvalue weighted by molar-refractivity contribution is 7.16. The highest BCUT2D eigenvalue weighted by Crippen LogP contribution is 2.32. The quantitative estimate of drug-likeness (QED) is 0.185. The fraction of sp³-hybridized carbons (Fsp3) is 0.625. The number of fused-ring (bicyclic) bond motifs is 1. The highest BCUT2D eigenvalue weighted by Gasteiger charge is 2.41. The maximum Gasteiger partial charge on any atom is 0.305 e. The summed E-state index contributed by atoms with van der Waals surface area (Å²) < 4.78 is 6.90. The molecule has 2 saturated heterocycles. The number of H-pyrrole nitrogens is 1. The first-order valence-corrected chi connectivity index (χ1v) is 17.4. The van der Waals surface area contributed by atoms with Gasteiger partial charge in [0.1, 0.15) is 11.3 Å². The third-order valence-electron chi connectivity index (χ3n) is 8.87. The standard InChI is InChI=1S/C32H46N4O5S2/c1-23-9-12-27(42-23)30(39)36-19-20-41-32(22-36)13-17-35(18-14-32)16-8-6-4-2-3-5-7-15-33-21-26(38)24-10-11-25(37)28-29(24)43-31(40)34-28/h9-12,26,33,37-38H,2-8,13-22H2,1H3,(H,34,40)/t26-/m0/s1. The summed E-state index contributed by atoms with van der Waals surface area (Å²) in [5, 5.41) is 23.9. The maximum absolute atomic E-state index is 13.0. The lowest BCUT2D eigenvalue weighted by molar-refractivity contribution is -0.127. The van der Waals surface area contributed by atoms with Gasteiger partial charge < -0.3 is 35.1 Å². The molecular formula is C32H46N4O5S2. The van der Waals surface area contributed by atoms with E-state index in [0.717, 1.165) is 61.7 Å². The van der Waals surface area contributed by atoms with E-state index in [2.05, 4.69) is 15.2 Å². The van der Waals surface area contributed by atoms with Crippen molar-refractivity contribution in [1.29, 1.82) is 0 Å². The van der Waals surface area contributed by atoms with Gasteiger partial charge in [0.2, 0.25) is 0 Å². The normalized spacial score (nSPS) is 18.0. The number of unbranched alkanes of at least 4 members (excludes halogenated alkanes) is 6. The number of hydrogen-bond acceptors (Lipinski definition) is 9. The molecule has 0 saturated carbocycles. The number of aliphatic hydroxyl groups is 1. The van der Waals surface area contributed by atoms with Crippen molar-refractivity contribution in [2.45, 2.75) is 76.4 Å². The fourth-order valence-electron chi connectivity index (χ4n) is 6.33. The van der Waals surface area contributed by atoms with Crippen LogP contribution in [0.1, 0.15) is 84.0 Å². The van der Waals surface area contributed by atoms with E-state index in [0.29, 0.717) is 42.0 Å². The zero-order valence-electron chi connectivity index (χ0n) is 25.2. The number of carbonyl (C=O) groups excluding carboxylic acids is 1. The summed E-state index contributed by atoms with van der Waals surface area (Å²) in [5.74, 6) is 0.182. The van der Waals surface area contributed by atoms with Gasteiger partial charge in [-0.05, 0) is 63.9 Å². The predicted octanol–water partition coefficient (Wildman–Crippen LogP) is 5.03. The van der Waals surface area contributed by atoms with Crippen molar-refractivity contribution in [2.75, 3.05) is 52.4 Å². The van der Waals surface area contributed by atoms with E-state index >= 15 is 0 Å². The van der Waals surface area contributed by atoms with Gasteiger partial charge in [-0.3, -0.25) is 9.59 Å². The Morgan fingerprint density at radius 3 is 2.53 bits per heavy atom. The molecule has 2 fully saturated rings. The fourth-order valence-corrected chi connectivity index (χ4v) is 8.08. The number of nitrogens with one attached hydrogen (secondary N) is 2. The average Bonchev–Trinajstić information content (AvgIpc) is 3.62. The zero-order valence-corrected chi connectivity index (χ0v) is 26.9. The van der Waals surface area contributed by atoms with Gasteiger partial charge in [-0.25, -0.2) is 0 Å². The largest absolute Gasteiger partial charge is 0.506 e. The Balaban J connectivity index is 0.883. The van der Waals surface area contributed by atoms with Crippen LogP contribution in [0.2, 0.25) is 0 Å². The van der Waals surface area contributed by atoms with E-state index in [9.17, 15) is 19.8 Å². The number of rotatable bonds is 14. The molecule has 2 aliphatic heterocycles. The second kappa shape index (κ2) is 15.1. The number of amides is 1. The van der Waals surface area contributed by atoms with Crippen LogP contribution in [0.5, 0.6) is 5.75 Å². The smallest absolute Gasteiger partial charge is 0.305 e. The Bertz CT molecular complexity index is 1390. The van der Waals surface area contributed by atoms with E-state index in [1.54, 1.807) is 17.4 Å². The summed E-state index contributed by atoms with van der Waals surface area (Å²) >= 11 is 2.60. The van der Waals surface area contributed by atoms with Crippen molar-refractivity contribution in [1.82, 2.24) is 20.1 Å². The summed E-state index contributed by atoms with van der Waals surface area (Å²) in [7, 11) is 0. The molecule has 1 atom stereocenters. The van der Waals surface area contributed by atoms with Gasteiger partial charge in [0.05, 0.1) is 34.4 Å². The van der Waals surface area contributed by atoms with Crippen LogP contribution in [0.3, 0.4) is 0 Å². The second-order valence-electron chi connectivity index (χ2n) is 12.1. The van der Waals surface area contributed by atoms with E-state index in [4.69, 9.17) is 4.74 Å². The molecule has 2 aliphatic rings. The summed E-state index contributed by atoms with van der Waals surface area (Å²) in [6, 6.07) is 7.18. The Hall–Kier alpha value is -2.28. The summed E-state index contributed by atoms with van der Waals surface area (Å²) in [5.41, 5.74) is 0.889. The second-order valence-corrected chi connectivity index (χ2v) is 14.4. The van der Waals surface area contributed by atoms with Crippen LogP contribution in [0.4, 0.5) is 0 Å². The SMILES string of the molecule is Cc1ccc(C(=O)N2CCOC3(CCN(CCCCCCCCCNC[C@H](O)c4ccc(O)c5[nH]c(=O)sc45)CC3)C2)s1. The Kier molecular flexibility index (Phi) is 11.3. The number of piperidine rings is 1. The van der Waals surface area contributed by atoms with E-state index < -0.39 is 6.10 Å². The van der Waals surface area contributed by atoms with Crippen molar-refractivity contribution < 1.29 is 19.7 Å². The van der Waals surface area contributed by atoms with Crippen molar-refractivity contribution in [3.05, 3.63) is 49.3 Å². The van der Waals surface area contributed by atoms with Crippen LogP contribution in [-0.2, 0) is 4.74 Å². The van der Waals surface area contributed by atoms with Gasteiger partial charge in [0.15, 0.2) is 0 Å². The van der Waals surface area contributed by atoms with Crippen LogP contribution in [0, 0.1) is 6.92 Å². The molecule has 0 radical (unpaired) electrons.